The minimum atomic E-state index is -0.616. The summed E-state index contributed by atoms with van der Waals surface area (Å²) in [5.41, 5.74) is 7.18. The molecule has 0 spiro atoms. The molecule has 0 saturated carbocycles. The average Bonchev–Trinajstić information content (AvgIpc) is 2.93. The zero-order valence-electron chi connectivity index (χ0n) is 12.0. The van der Waals surface area contributed by atoms with Crippen LogP contribution in [0.5, 0.6) is 0 Å². The van der Waals surface area contributed by atoms with Crippen molar-refractivity contribution in [2.45, 2.75) is 19.9 Å². The molecular weight excluding hydrogens is 270 g/mol. The molecule has 5 N–H and O–H groups in total. The van der Waals surface area contributed by atoms with Gasteiger partial charge in [-0.1, -0.05) is 19.9 Å². The number of amides is 2. The summed E-state index contributed by atoms with van der Waals surface area (Å²) in [7, 11) is 0. The molecule has 1 atom stereocenters. The molecule has 2 rings (SSSR count). The molecule has 0 aliphatic rings. The number of nitrogens with one attached hydrogen (secondary N) is 3. The summed E-state index contributed by atoms with van der Waals surface area (Å²) < 4.78 is 0. The summed E-state index contributed by atoms with van der Waals surface area (Å²) in [6.07, 6.45) is 1.64. The lowest BCUT2D eigenvalue weighted by Crippen LogP contribution is -2.46. The van der Waals surface area contributed by atoms with Crippen molar-refractivity contribution in [3.8, 4) is 0 Å². The number of anilines is 1. The standard InChI is InChI=1S/C14H19N5O2/c1-8(2)13(15)14(21)16-7-12(20)18-10-4-3-5-11-9(10)6-17-19-11/h3-6,8,13H,7,15H2,1-2H3,(H,16,21)(H,17,19)(H,18,20)/t13-/m0/s1. The van der Waals surface area contributed by atoms with Crippen molar-refractivity contribution in [3.63, 3.8) is 0 Å². The van der Waals surface area contributed by atoms with E-state index in [1.807, 2.05) is 26.0 Å². The van der Waals surface area contributed by atoms with Gasteiger partial charge in [-0.3, -0.25) is 14.7 Å². The third-order valence-corrected chi connectivity index (χ3v) is 3.20. The van der Waals surface area contributed by atoms with Crippen LogP contribution in [0.2, 0.25) is 0 Å². The van der Waals surface area contributed by atoms with Gasteiger partial charge in [-0.25, -0.2) is 0 Å². The second-order valence-electron chi connectivity index (χ2n) is 5.17. The van der Waals surface area contributed by atoms with Crippen LogP contribution in [0.15, 0.2) is 24.4 Å². The summed E-state index contributed by atoms with van der Waals surface area (Å²) in [5.74, 6) is -0.623. The monoisotopic (exact) mass is 289 g/mol. The number of aromatic nitrogens is 2. The highest BCUT2D eigenvalue weighted by Crippen LogP contribution is 2.20. The van der Waals surface area contributed by atoms with Gasteiger partial charge in [0.1, 0.15) is 0 Å². The molecule has 7 nitrogen and oxygen atoms in total. The van der Waals surface area contributed by atoms with Crippen LogP contribution in [-0.2, 0) is 9.59 Å². The Bertz CT molecular complexity index is 650. The largest absolute Gasteiger partial charge is 0.346 e. The van der Waals surface area contributed by atoms with E-state index in [-0.39, 0.29) is 24.3 Å². The van der Waals surface area contributed by atoms with Crippen molar-refractivity contribution in [2.75, 3.05) is 11.9 Å². The van der Waals surface area contributed by atoms with E-state index in [2.05, 4.69) is 20.8 Å². The third kappa shape index (κ3) is 3.57. The lowest BCUT2D eigenvalue weighted by atomic mass is 10.1. The molecule has 0 saturated heterocycles. The maximum atomic E-state index is 11.9. The van der Waals surface area contributed by atoms with Gasteiger partial charge in [-0.15, -0.1) is 0 Å². The number of hydrogen-bond acceptors (Lipinski definition) is 4. The van der Waals surface area contributed by atoms with Gasteiger partial charge in [0.15, 0.2) is 0 Å². The number of carbonyl (C=O) groups is 2. The minimum absolute atomic E-state index is 0.0211. The lowest BCUT2D eigenvalue weighted by molar-refractivity contribution is -0.125. The van der Waals surface area contributed by atoms with E-state index in [9.17, 15) is 9.59 Å². The Kier molecular flexibility index (Phi) is 4.54. The first-order valence-electron chi connectivity index (χ1n) is 6.74. The van der Waals surface area contributed by atoms with Crippen molar-refractivity contribution in [2.24, 2.45) is 11.7 Å². The zero-order valence-corrected chi connectivity index (χ0v) is 12.0. The SMILES string of the molecule is CC(C)[C@H](N)C(=O)NCC(=O)Nc1cccc2[nH]ncc12. The van der Waals surface area contributed by atoms with Crippen LogP contribution in [0.3, 0.4) is 0 Å². The van der Waals surface area contributed by atoms with Crippen molar-refractivity contribution in [1.29, 1.82) is 0 Å². The molecule has 0 aliphatic carbocycles. The molecule has 0 radical (unpaired) electrons. The van der Waals surface area contributed by atoms with Crippen molar-refractivity contribution < 1.29 is 9.59 Å². The van der Waals surface area contributed by atoms with Gasteiger partial charge in [0.05, 0.1) is 30.0 Å². The summed E-state index contributed by atoms with van der Waals surface area (Å²) in [4.78, 5) is 23.6. The lowest BCUT2D eigenvalue weighted by Gasteiger charge is -2.15. The maximum Gasteiger partial charge on any atom is 0.243 e. The van der Waals surface area contributed by atoms with E-state index in [1.54, 1.807) is 12.3 Å². The Morgan fingerprint density at radius 1 is 1.38 bits per heavy atom. The number of rotatable bonds is 5. The number of nitrogens with zero attached hydrogens (tertiary/aromatic N) is 1. The van der Waals surface area contributed by atoms with Gasteiger partial charge in [-0.2, -0.15) is 5.10 Å². The fourth-order valence-electron chi connectivity index (χ4n) is 1.86. The number of aromatic amines is 1. The highest BCUT2D eigenvalue weighted by atomic mass is 16.2. The smallest absolute Gasteiger partial charge is 0.243 e. The van der Waals surface area contributed by atoms with E-state index in [4.69, 9.17) is 5.73 Å². The highest BCUT2D eigenvalue weighted by Gasteiger charge is 2.17. The molecule has 0 aliphatic heterocycles. The molecule has 7 heteroatoms. The van der Waals surface area contributed by atoms with Crippen molar-refractivity contribution in [1.82, 2.24) is 15.5 Å². The maximum absolute atomic E-state index is 11.9. The molecule has 0 unspecified atom stereocenters. The molecule has 112 valence electrons. The Balaban J connectivity index is 1.93. The summed E-state index contributed by atoms with van der Waals surface area (Å²) in [5, 5.41) is 12.8. The molecule has 0 fully saturated rings. The van der Waals surface area contributed by atoms with Crippen LogP contribution >= 0.6 is 0 Å². The van der Waals surface area contributed by atoms with Crippen LogP contribution in [-0.4, -0.2) is 34.6 Å². The molecule has 1 aromatic carbocycles. The van der Waals surface area contributed by atoms with Crippen LogP contribution in [0, 0.1) is 5.92 Å². The summed E-state index contributed by atoms with van der Waals surface area (Å²) >= 11 is 0. The van der Waals surface area contributed by atoms with Gasteiger partial charge in [0, 0.05) is 5.39 Å². The molecule has 2 aromatic rings. The number of hydrogen-bond donors (Lipinski definition) is 4. The van der Waals surface area contributed by atoms with E-state index in [0.717, 1.165) is 10.9 Å². The molecule has 0 bridgehead atoms. The predicted octanol–water partition coefficient (Wildman–Crippen LogP) is 0.601. The molecule has 1 heterocycles. The van der Waals surface area contributed by atoms with Gasteiger partial charge in [-0.05, 0) is 18.1 Å². The van der Waals surface area contributed by atoms with Crippen LogP contribution in [0.1, 0.15) is 13.8 Å². The highest BCUT2D eigenvalue weighted by molar-refractivity contribution is 6.02. The molecular formula is C14H19N5O2. The molecule has 1 aromatic heterocycles. The second-order valence-corrected chi connectivity index (χ2v) is 5.17. The topological polar surface area (TPSA) is 113 Å². The minimum Gasteiger partial charge on any atom is -0.346 e. The van der Waals surface area contributed by atoms with Crippen LogP contribution in [0.4, 0.5) is 5.69 Å². The van der Waals surface area contributed by atoms with Crippen molar-refractivity contribution in [3.05, 3.63) is 24.4 Å². The first kappa shape index (κ1) is 15.0. The van der Waals surface area contributed by atoms with E-state index in [0.29, 0.717) is 5.69 Å². The van der Waals surface area contributed by atoms with Gasteiger partial charge < -0.3 is 16.4 Å². The van der Waals surface area contributed by atoms with Gasteiger partial charge in [0.25, 0.3) is 0 Å². The van der Waals surface area contributed by atoms with E-state index >= 15 is 0 Å². The van der Waals surface area contributed by atoms with Crippen molar-refractivity contribution >= 4 is 28.4 Å². The Morgan fingerprint density at radius 3 is 2.86 bits per heavy atom. The number of nitrogens with two attached hydrogens (primary N) is 1. The predicted molar refractivity (Wildman–Crippen MR) is 80.5 cm³/mol. The third-order valence-electron chi connectivity index (χ3n) is 3.20. The number of fused-ring (bicyclic) bond motifs is 1. The van der Waals surface area contributed by atoms with Gasteiger partial charge in [0.2, 0.25) is 11.8 Å². The second kappa shape index (κ2) is 6.36. The normalized spacial score (nSPS) is 12.4. The average molecular weight is 289 g/mol. The summed E-state index contributed by atoms with van der Waals surface area (Å²) in [6.45, 7) is 3.58. The fourth-order valence-corrected chi connectivity index (χ4v) is 1.86. The number of benzene rings is 1. The molecule has 2 amide bonds. The quantitative estimate of drug-likeness (QED) is 0.645. The first-order valence-corrected chi connectivity index (χ1v) is 6.74. The Labute approximate surface area is 122 Å². The number of carbonyl (C=O) groups excluding carboxylic acids is 2. The van der Waals surface area contributed by atoms with Crippen LogP contribution < -0.4 is 16.4 Å². The Morgan fingerprint density at radius 2 is 2.14 bits per heavy atom. The zero-order chi connectivity index (χ0) is 15.4. The van der Waals surface area contributed by atoms with Crippen LogP contribution in [0.25, 0.3) is 10.9 Å². The summed E-state index contributed by atoms with van der Waals surface area (Å²) in [6, 6.07) is 4.83. The van der Waals surface area contributed by atoms with E-state index in [1.165, 1.54) is 0 Å². The Hall–Kier alpha value is -2.41. The van der Waals surface area contributed by atoms with Gasteiger partial charge >= 0.3 is 0 Å². The fraction of sp³-hybridized carbons (Fsp3) is 0.357. The number of H-pyrrole nitrogens is 1. The first-order chi connectivity index (χ1) is 9.99. The van der Waals surface area contributed by atoms with E-state index < -0.39 is 6.04 Å². The molecule has 21 heavy (non-hydrogen) atoms.